The van der Waals surface area contributed by atoms with E-state index < -0.39 is 0 Å². The van der Waals surface area contributed by atoms with Gasteiger partial charge in [0.2, 0.25) is 0 Å². The maximum absolute atomic E-state index is 12.2. The van der Waals surface area contributed by atoms with Crippen molar-refractivity contribution in [3.8, 4) is 5.75 Å². The summed E-state index contributed by atoms with van der Waals surface area (Å²) >= 11 is 0. The highest BCUT2D eigenvalue weighted by Gasteiger charge is 2.08. The summed E-state index contributed by atoms with van der Waals surface area (Å²) in [6.45, 7) is 3.13. The van der Waals surface area contributed by atoms with Crippen LogP contribution in [-0.4, -0.2) is 27.3 Å². The Hall–Kier alpha value is -3.15. The van der Waals surface area contributed by atoms with E-state index in [9.17, 15) is 4.79 Å². The minimum Gasteiger partial charge on any atom is -0.483 e. The summed E-state index contributed by atoms with van der Waals surface area (Å²) < 4.78 is 7.41. The number of amides is 1. The van der Waals surface area contributed by atoms with Crippen LogP contribution in [0.15, 0.2) is 61.2 Å². The number of aryl methyl sites for hydroxylation is 1. The van der Waals surface area contributed by atoms with Crippen molar-refractivity contribution in [1.29, 1.82) is 0 Å². The van der Waals surface area contributed by atoms with Crippen LogP contribution in [-0.2, 0) is 24.3 Å². The first-order valence-corrected chi connectivity index (χ1v) is 8.63. The van der Waals surface area contributed by atoms with E-state index in [1.165, 1.54) is 6.33 Å². The Morgan fingerprint density at radius 2 is 1.81 bits per heavy atom. The van der Waals surface area contributed by atoms with Gasteiger partial charge in [-0.3, -0.25) is 4.79 Å². The van der Waals surface area contributed by atoms with Gasteiger partial charge in [0.25, 0.3) is 5.91 Å². The zero-order valence-corrected chi connectivity index (χ0v) is 14.8. The fourth-order valence-electron chi connectivity index (χ4n) is 2.70. The van der Waals surface area contributed by atoms with E-state index in [1.54, 1.807) is 11.0 Å². The Bertz CT molecular complexity index is 847. The van der Waals surface area contributed by atoms with E-state index in [4.69, 9.17) is 4.74 Å². The maximum atomic E-state index is 12.2. The fraction of sp³-hybridized carbons (Fsp3) is 0.250. The van der Waals surface area contributed by atoms with Crippen LogP contribution in [0.25, 0.3) is 0 Å². The molecular formula is C20H22N4O2. The summed E-state index contributed by atoms with van der Waals surface area (Å²) in [5.74, 6) is 0.614. The van der Waals surface area contributed by atoms with Gasteiger partial charge in [0.1, 0.15) is 18.4 Å². The zero-order chi connectivity index (χ0) is 18.2. The lowest BCUT2D eigenvalue weighted by Gasteiger charge is -2.12. The number of benzene rings is 2. The summed E-state index contributed by atoms with van der Waals surface area (Å²) in [7, 11) is 0. The Kier molecular flexibility index (Phi) is 5.98. The Morgan fingerprint density at radius 3 is 2.54 bits per heavy atom. The van der Waals surface area contributed by atoms with Crippen LogP contribution in [0.4, 0.5) is 0 Å². The van der Waals surface area contributed by atoms with E-state index in [0.29, 0.717) is 13.1 Å². The minimum atomic E-state index is -0.147. The van der Waals surface area contributed by atoms with Gasteiger partial charge >= 0.3 is 0 Å². The molecular weight excluding hydrogens is 328 g/mol. The molecule has 3 rings (SSSR count). The predicted molar refractivity (Wildman–Crippen MR) is 98.7 cm³/mol. The molecule has 134 valence electrons. The molecule has 6 nitrogen and oxygen atoms in total. The number of carbonyl (C=O) groups is 1. The molecule has 1 N–H and O–H groups in total. The average molecular weight is 350 g/mol. The number of aromatic nitrogens is 3. The molecule has 1 heterocycles. The maximum Gasteiger partial charge on any atom is 0.258 e. The van der Waals surface area contributed by atoms with Gasteiger partial charge in [-0.05, 0) is 29.2 Å². The minimum absolute atomic E-state index is 0.00224. The van der Waals surface area contributed by atoms with Crippen LogP contribution in [0.5, 0.6) is 5.75 Å². The van der Waals surface area contributed by atoms with Crippen molar-refractivity contribution in [2.45, 2.75) is 26.4 Å². The van der Waals surface area contributed by atoms with E-state index >= 15 is 0 Å². The number of nitrogens with one attached hydrogen (secondary N) is 1. The molecule has 1 aromatic heterocycles. The zero-order valence-electron chi connectivity index (χ0n) is 14.8. The van der Waals surface area contributed by atoms with Crippen molar-refractivity contribution in [3.05, 3.63) is 77.9 Å². The molecule has 0 unspecified atom stereocenters. The molecule has 0 radical (unpaired) electrons. The third-order valence-corrected chi connectivity index (χ3v) is 4.11. The van der Waals surface area contributed by atoms with Gasteiger partial charge in [-0.1, -0.05) is 49.4 Å². The Balaban J connectivity index is 1.55. The lowest BCUT2D eigenvalue weighted by Crippen LogP contribution is -2.29. The second-order valence-corrected chi connectivity index (χ2v) is 5.89. The number of hydrogen-bond donors (Lipinski definition) is 1. The van der Waals surface area contributed by atoms with Crippen molar-refractivity contribution in [3.63, 3.8) is 0 Å². The molecule has 0 aliphatic heterocycles. The van der Waals surface area contributed by atoms with Crippen molar-refractivity contribution < 1.29 is 9.53 Å². The third-order valence-electron chi connectivity index (χ3n) is 4.11. The van der Waals surface area contributed by atoms with Crippen LogP contribution >= 0.6 is 0 Å². The number of nitrogens with zero attached hydrogens (tertiary/aromatic N) is 3. The monoisotopic (exact) mass is 350 g/mol. The molecule has 1 amide bonds. The van der Waals surface area contributed by atoms with E-state index in [-0.39, 0.29) is 12.5 Å². The van der Waals surface area contributed by atoms with E-state index in [1.807, 2.05) is 48.5 Å². The summed E-state index contributed by atoms with van der Waals surface area (Å²) in [5.41, 5.74) is 3.24. The first kappa shape index (κ1) is 17.7. The molecule has 0 saturated carbocycles. The van der Waals surface area contributed by atoms with E-state index in [0.717, 1.165) is 28.9 Å². The van der Waals surface area contributed by atoms with Gasteiger partial charge in [0.05, 0.1) is 6.54 Å². The first-order valence-electron chi connectivity index (χ1n) is 8.63. The van der Waals surface area contributed by atoms with Crippen LogP contribution in [0.1, 0.15) is 23.6 Å². The van der Waals surface area contributed by atoms with Gasteiger partial charge in [-0.25, -0.2) is 9.67 Å². The fourth-order valence-corrected chi connectivity index (χ4v) is 2.70. The Labute approximate surface area is 152 Å². The van der Waals surface area contributed by atoms with Gasteiger partial charge in [0, 0.05) is 6.54 Å². The van der Waals surface area contributed by atoms with Crippen molar-refractivity contribution in [2.75, 3.05) is 6.61 Å². The second kappa shape index (κ2) is 8.80. The van der Waals surface area contributed by atoms with Gasteiger partial charge in [0.15, 0.2) is 6.61 Å². The SMILES string of the molecule is CCc1ccccc1OCC(=O)NCc1ccccc1Cn1cncn1. The van der Waals surface area contributed by atoms with Crippen LogP contribution in [0, 0.1) is 0 Å². The first-order chi connectivity index (χ1) is 12.8. The molecule has 3 aromatic rings. The smallest absolute Gasteiger partial charge is 0.258 e. The molecule has 26 heavy (non-hydrogen) atoms. The quantitative estimate of drug-likeness (QED) is 0.678. The summed E-state index contributed by atoms with van der Waals surface area (Å²) in [6.07, 6.45) is 4.05. The number of ether oxygens (including phenoxy) is 1. The van der Waals surface area contributed by atoms with E-state index in [2.05, 4.69) is 22.3 Å². The normalized spacial score (nSPS) is 10.5. The highest BCUT2D eigenvalue weighted by Crippen LogP contribution is 2.18. The molecule has 0 fully saturated rings. The van der Waals surface area contributed by atoms with Gasteiger partial charge in [-0.2, -0.15) is 5.10 Å². The molecule has 2 aromatic carbocycles. The molecule has 0 atom stereocenters. The highest BCUT2D eigenvalue weighted by molar-refractivity contribution is 5.77. The topological polar surface area (TPSA) is 69.0 Å². The molecule has 0 spiro atoms. The molecule has 0 bridgehead atoms. The summed E-state index contributed by atoms with van der Waals surface area (Å²) in [4.78, 5) is 16.1. The Morgan fingerprint density at radius 1 is 1.08 bits per heavy atom. The highest BCUT2D eigenvalue weighted by atomic mass is 16.5. The molecule has 0 aliphatic carbocycles. The van der Waals surface area contributed by atoms with Crippen LogP contribution < -0.4 is 10.1 Å². The number of para-hydroxylation sites is 1. The van der Waals surface area contributed by atoms with Crippen molar-refractivity contribution in [2.24, 2.45) is 0 Å². The summed E-state index contributed by atoms with van der Waals surface area (Å²) in [5, 5.41) is 7.04. The molecule has 0 aliphatic rings. The largest absolute Gasteiger partial charge is 0.483 e. The second-order valence-electron chi connectivity index (χ2n) is 5.89. The number of hydrogen-bond acceptors (Lipinski definition) is 4. The predicted octanol–water partition coefficient (Wildman–Crippen LogP) is 2.58. The number of carbonyl (C=O) groups excluding carboxylic acids is 1. The molecule has 0 saturated heterocycles. The lowest BCUT2D eigenvalue weighted by atomic mass is 10.1. The van der Waals surface area contributed by atoms with Crippen LogP contribution in [0.3, 0.4) is 0 Å². The summed E-state index contributed by atoms with van der Waals surface area (Å²) in [6, 6.07) is 15.7. The van der Waals surface area contributed by atoms with Crippen molar-refractivity contribution in [1.82, 2.24) is 20.1 Å². The lowest BCUT2D eigenvalue weighted by molar-refractivity contribution is -0.123. The molecule has 6 heteroatoms. The number of rotatable bonds is 8. The van der Waals surface area contributed by atoms with Gasteiger partial charge in [-0.15, -0.1) is 0 Å². The van der Waals surface area contributed by atoms with Crippen molar-refractivity contribution >= 4 is 5.91 Å². The van der Waals surface area contributed by atoms with Gasteiger partial charge < -0.3 is 10.1 Å². The average Bonchev–Trinajstić information content (AvgIpc) is 3.19. The standard InChI is InChI=1S/C20H22N4O2/c1-2-16-7-5-6-10-19(16)26-13-20(25)22-11-17-8-3-4-9-18(17)12-24-15-21-14-23-24/h3-10,14-15H,2,11-13H2,1H3,(H,22,25). The van der Waals surface area contributed by atoms with Crippen LogP contribution in [0.2, 0.25) is 0 Å². The third kappa shape index (κ3) is 4.69.